The lowest BCUT2D eigenvalue weighted by molar-refractivity contribution is 0.287. The Morgan fingerprint density at radius 2 is 1.80 bits per heavy atom. The third kappa shape index (κ3) is 3.26. The number of nitrogens with one attached hydrogen (secondary N) is 1. The second kappa shape index (κ2) is 6.98. The lowest BCUT2D eigenvalue weighted by Crippen LogP contribution is -2.18. The van der Waals surface area contributed by atoms with Crippen LogP contribution in [0.1, 0.15) is 50.8 Å². The molecular weight excluding hydrogens is 250 g/mol. The highest BCUT2D eigenvalue weighted by Gasteiger charge is 2.23. The minimum atomic E-state index is 0.414. The van der Waals surface area contributed by atoms with E-state index in [1.807, 2.05) is 20.9 Å². The number of rotatable bonds is 5. The van der Waals surface area contributed by atoms with E-state index >= 15 is 0 Å². The Labute approximate surface area is 122 Å². The number of benzene rings is 1. The highest BCUT2D eigenvalue weighted by molar-refractivity contribution is 5.49. The van der Waals surface area contributed by atoms with Crippen LogP contribution in [0.25, 0.3) is 0 Å². The van der Waals surface area contributed by atoms with Crippen molar-refractivity contribution in [2.24, 2.45) is 5.92 Å². The van der Waals surface area contributed by atoms with E-state index in [0.29, 0.717) is 19.3 Å². The van der Waals surface area contributed by atoms with Crippen LogP contribution < -0.4 is 14.8 Å². The molecule has 0 fully saturated rings. The van der Waals surface area contributed by atoms with E-state index in [2.05, 4.69) is 24.4 Å². The van der Waals surface area contributed by atoms with E-state index in [-0.39, 0.29) is 0 Å². The molecule has 1 aliphatic carbocycles. The molecule has 0 amide bonds. The topological polar surface area (TPSA) is 30.5 Å². The van der Waals surface area contributed by atoms with E-state index in [1.54, 1.807) is 0 Å². The molecule has 0 bridgehead atoms. The highest BCUT2D eigenvalue weighted by Crippen LogP contribution is 2.38. The molecule has 112 valence electrons. The monoisotopic (exact) mass is 277 g/mol. The van der Waals surface area contributed by atoms with Gasteiger partial charge in [-0.2, -0.15) is 0 Å². The molecule has 0 spiro atoms. The molecule has 1 N–H and O–H groups in total. The van der Waals surface area contributed by atoms with E-state index < -0.39 is 0 Å². The van der Waals surface area contributed by atoms with E-state index in [1.165, 1.54) is 24.0 Å². The maximum Gasteiger partial charge on any atom is 0.161 e. The zero-order valence-corrected chi connectivity index (χ0v) is 13.2. The van der Waals surface area contributed by atoms with Gasteiger partial charge in [0.05, 0.1) is 13.2 Å². The first-order valence-electron chi connectivity index (χ1n) is 7.79. The molecule has 1 aromatic carbocycles. The van der Waals surface area contributed by atoms with Gasteiger partial charge in [0, 0.05) is 6.04 Å². The number of hydrogen-bond acceptors (Lipinski definition) is 3. The Morgan fingerprint density at radius 3 is 2.40 bits per heavy atom. The molecule has 0 radical (unpaired) electrons. The molecule has 1 aromatic rings. The van der Waals surface area contributed by atoms with Crippen LogP contribution in [-0.2, 0) is 6.42 Å². The SMILES string of the molecule is CCOc1cc2c(cc1OCC)C(NC)CC(C)CC2. The van der Waals surface area contributed by atoms with Gasteiger partial charge in [-0.25, -0.2) is 0 Å². The maximum absolute atomic E-state index is 5.76. The number of hydrogen-bond donors (Lipinski definition) is 1. The van der Waals surface area contributed by atoms with Gasteiger partial charge in [0.15, 0.2) is 11.5 Å². The van der Waals surface area contributed by atoms with Gasteiger partial charge >= 0.3 is 0 Å². The van der Waals surface area contributed by atoms with Crippen molar-refractivity contribution in [3.8, 4) is 11.5 Å². The van der Waals surface area contributed by atoms with Crippen molar-refractivity contribution in [3.63, 3.8) is 0 Å². The first-order chi connectivity index (χ1) is 9.69. The van der Waals surface area contributed by atoms with E-state index in [9.17, 15) is 0 Å². The summed E-state index contributed by atoms with van der Waals surface area (Å²) >= 11 is 0. The smallest absolute Gasteiger partial charge is 0.161 e. The average molecular weight is 277 g/mol. The van der Waals surface area contributed by atoms with Crippen LogP contribution in [0.2, 0.25) is 0 Å². The zero-order chi connectivity index (χ0) is 14.5. The van der Waals surface area contributed by atoms with Gasteiger partial charge < -0.3 is 14.8 Å². The second-order valence-electron chi connectivity index (χ2n) is 5.58. The average Bonchev–Trinajstić information content (AvgIpc) is 2.59. The Bertz CT molecular complexity index is 445. The minimum Gasteiger partial charge on any atom is -0.490 e. The summed E-state index contributed by atoms with van der Waals surface area (Å²) in [5.41, 5.74) is 2.78. The predicted octanol–water partition coefficient (Wildman–Crippen LogP) is 3.72. The fourth-order valence-corrected chi connectivity index (χ4v) is 3.02. The molecule has 0 saturated carbocycles. The lowest BCUT2D eigenvalue weighted by atomic mass is 9.96. The quantitative estimate of drug-likeness (QED) is 0.832. The Morgan fingerprint density at radius 1 is 1.15 bits per heavy atom. The van der Waals surface area contributed by atoms with Crippen molar-refractivity contribution >= 4 is 0 Å². The summed E-state index contributed by atoms with van der Waals surface area (Å²) in [6.07, 6.45) is 3.55. The van der Waals surface area contributed by atoms with Crippen LogP contribution in [0.15, 0.2) is 12.1 Å². The van der Waals surface area contributed by atoms with Crippen molar-refractivity contribution in [3.05, 3.63) is 23.3 Å². The number of aryl methyl sites for hydroxylation is 1. The number of fused-ring (bicyclic) bond motifs is 1. The summed E-state index contributed by atoms with van der Waals surface area (Å²) in [6, 6.07) is 4.78. The summed E-state index contributed by atoms with van der Waals surface area (Å²) < 4.78 is 11.5. The molecule has 2 atom stereocenters. The Balaban J connectivity index is 2.42. The molecule has 20 heavy (non-hydrogen) atoms. The summed E-state index contributed by atoms with van der Waals surface area (Å²) in [5, 5.41) is 3.45. The fourth-order valence-electron chi connectivity index (χ4n) is 3.02. The highest BCUT2D eigenvalue weighted by atomic mass is 16.5. The lowest BCUT2D eigenvalue weighted by Gasteiger charge is -2.21. The van der Waals surface area contributed by atoms with E-state index in [4.69, 9.17) is 9.47 Å². The predicted molar refractivity (Wildman–Crippen MR) is 82.7 cm³/mol. The van der Waals surface area contributed by atoms with Crippen molar-refractivity contribution in [1.82, 2.24) is 5.32 Å². The van der Waals surface area contributed by atoms with Crippen LogP contribution in [-0.4, -0.2) is 20.3 Å². The maximum atomic E-state index is 5.76. The largest absolute Gasteiger partial charge is 0.490 e. The van der Waals surface area contributed by atoms with Crippen LogP contribution in [0, 0.1) is 5.92 Å². The van der Waals surface area contributed by atoms with Crippen molar-refractivity contribution in [2.75, 3.05) is 20.3 Å². The molecular formula is C17H27NO2. The summed E-state index contributed by atoms with van der Waals surface area (Å²) in [4.78, 5) is 0. The summed E-state index contributed by atoms with van der Waals surface area (Å²) in [6.45, 7) is 7.70. The van der Waals surface area contributed by atoms with E-state index in [0.717, 1.165) is 23.8 Å². The Hall–Kier alpha value is -1.22. The first kappa shape index (κ1) is 15.2. The molecule has 1 aliphatic rings. The van der Waals surface area contributed by atoms with Crippen LogP contribution in [0.4, 0.5) is 0 Å². The summed E-state index contributed by atoms with van der Waals surface area (Å²) in [5.74, 6) is 2.51. The summed E-state index contributed by atoms with van der Waals surface area (Å²) in [7, 11) is 2.04. The molecule has 0 heterocycles. The van der Waals surface area contributed by atoms with Crippen molar-refractivity contribution in [1.29, 1.82) is 0 Å². The van der Waals surface area contributed by atoms with Crippen molar-refractivity contribution in [2.45, 2.75) is 46.1 Å². The van der Waals surface area contributed by atoms with Gasteiger partial charge in [0.2, 0.25) is 0 Å². The fraction of sp³-hybridized carbons (Fsp3) is 0.647. The third-order valence-electron chi connectivity index (χ3n) is 4.07. The zero-order valence-electron chi connectivity index (χ0n) is 13.2. The van der Waals surface area contributed by atoms with Gasteiger partial charge in [0.25, 0.3) is 0 Å². The van der Waals surface area contributed by atoms with Crippen LogP contribution in [0.5, 0.6) is 11.5 Å². The van der Waals surface area contributed by atoms with Gasteiger partial charge in [-0.1, -0.05) is 6.92 Å². The molecule has 0 aliphatic heterocycles. The number of ether oxygens (including phenoxy) is 2. The molecule has 3 heteroatoms. The standard InChI is InChI=1S/C17H27NO2/c1-5-19-16-10-13-8-7-12(3)9-15(18-4)14(13)11-17(16)20-6-2/h10-12,15,18H,5-9H2,1-4H3. The third-order valence-corrected chi connectivity index (χ3v) is 4.07. The van der Waals surface area contributed by atoms with Crippen LogP contribution >= 0.6 is 0 Å². The van der Waals surface area contributed by atoms with Gasteiger partial charge in [-0.3, -0.25) is 0 Å². The van der Waals surface area contributed by atoms with Crippen molar-refractivity contribution < 1.29 is 9.47 Å². The molecule has 0 saturated heterocycles. The minimum absolute atomic E-state index is 0.414. The first-order valence-corrected chi connectivity index (χ1v) is 7.79. The van der Waals surface area contributed by atoms with Crippen LogP contribution in [0.3, 0.4) is 0 Å². The second-order valence-corrected chi connectivity index (χ2v) is 5.58. The van der Waals surface area contributed by atoms with Gasteiger partial charge in [0.1, 0.15) is 0 Å². The molecule has 3 nitrogen and oxygen atoms in total. The molecule has 2 rings (SSSR count). The van der Waals surface area contributed by atoms with Gasteiger partial charge in [-0.15, -0.1) is 0 Å². The van der Waals surface area contributed by atoms with Gasteiger partial charge in [-0.05, 0) is 69.3 Å². The Kier molecular flexibility index (Phi) is 5.30. The molecule has 2 unspecified atom stereocenters. The molecule has 0 aromatic heterocycles. The normalized spacial score (nSPS) is 22.0.